The Bertz CT molecular complexity index is 1090. The number of ether oxygens (including phenoxy) is 1. The molecule has 3 aromatic rings. The van der Waals surface area contributed by atoms with Gasteiger partial charge in [0.05, 0.1) is 19.3 Å². The third kappa shape index (κ3) is 7.16. The fourth-order valence-electron chi connectivity index (χ4n) is 3.64. The third-order valence-corrected chi connectivity index (χ3v) is 5.51. The van der Waals surface area contributed by atoms with Gasteiger partial charge in [-0.1, -0.05) is 48.5 Å². The normalized spacial score (nSPS) is 12.4. The fourth-order valence-corrected chi connectivity index (χ4v) is 3.64. The van der Waals surface area contributed by atoms with Crippen LogP contribution in [-0.2, 0) is 13.0 Å². The monoisotopic (exact) mass is 461 g/mol. The van der Waals surface area contributed by atoms with Gasteiger partial charge in [0.1, 0.15) is 5.75 Å². The Balaban J connectivity index is 1.68. The van der Waals surface area contributed by atoms with Crippen molar-refractivity contribution in [3.63, 3.8) is 0 Å². The van der Waals surface area contributed by atoms with Crippen LogP contribution in [0.4, 0.5) is 0 Å². The van der Waals surface area contributed by atoms with E-state index in [1.165, 1.54) is 0 Å². The molecule has 3 aromatic carbocycles. The highest BCUT2D eigenvalue weighted by molar-refractivity contribution is 5.99. The highest BCUT2D eigenvalue weighted by Crippen LogP contribution is 2.13. The molecule has 0 aliphatic heterocycles. The lowest BCUT2D eigenvalue weighted by atomic mass is 10.00. The van der Waals surface area contributed by atoms with Crippen LogP contribution in [0.1, 0.15) is 31.8 Å². The minimum Gasteiger partial charge on any atom is -0.497 e. The number of rotatable bonds is 11. The Morgan fingerprint density at radius 1 is 0.882 bits per heavy atom. The highest BCUT2D eigenvalue weighted by atomic mass is 16.5. The van der Waals surface area contributed by atoms with Crippen LogP contribution in [0.5, 0.6) is 5.75 Å². The van der Waals surface area contributed by atoms with Gasteiger partial charge in [0, 0.05) is 31.3 Å². The maximum Gasteiger partial charge on any atom is 0.251 e. The molecule has 3 rings (SSSR count). The molecular weight excluding hydrogens is 430 g/mol. The Labute approximate surface area is 200 Å². The van der Waals surface area contributed by atoms with Crippen molar-refractivity contribution >= 4 is 11.8 Å². The molecule has 178 valence electrons. The van der Waals surface area contributed by atoms with E-state index < -0.39 is 12.1 Å². The predicted octanol–water partition coefficient (Wildman–Crippen LogP) is 2.55. The van der Waals surface area contributed by atoms with Gasteiger partial charge in [0.2, 0.25) is 0 Å². The summed E-state index contributed by atoms with van der Waals surface area (Å²) >= 11 is 0. The molecule has 0 aliphatic rings. The average molecular weight is 462 g/mol. The van der Waals surface area contributed by atoms with E-state index in [0.29, 0.717) is 24.1 Å². The number of methoxy groups -OCH3 is 1. The largest absolute Gasteiger partial charge is 0.497 e. The molecule has 0 unspecified atom stereocenters. The van der Waals surface area contributed by atoms with E-state index >= 15 is 0 Å². The number of carbonyl (C=O) groups excluding carboxylic acids is 2. The summed E-state index contributed by atoms with van der Waals surface area (Å²) in [5.41, 5.74) is 2.78. The van der Waals surface area contributed by atoms with Gasteiger partial charge < -0.3 is 25.8 Å². The Hall–Kier alpha value is -3.68. The Morgan fingerprint density at radius 2 is 1.56 bits per heavy atom. The zero-order valence-electron chi connectivity index (χ0n) is 19.5. The van der Waals surface area contributed by atoms with Gasteiger partial charge in [-0.25, -0.2) is 0 Å². The molecule has 0 aromatic heterocycles. The number of aliphatic hydroxyl groups is 1. The van der Waals surface area contributed by atoms with Crippen molar-refractivity contribution in [2.24, 2.45) is 0 Å². The first-order chi connectivity index (χ1) is 16.5. The van der Waals surface area contributed by atoms with Crippen LogP contribution >= 0.6 is 0 Å². The fraction of sp³-hybridized carbons (Fsp3) is 0.259. The Kier molecular flexibility index (Phi) is 9.20. The summed E-state index contributed by atoms with van der Waals surface area (Å²) in [5, 5.41) is 19.7. The van der Waals surface area contributed by atoms with Gasteiger partial charge in [-0.05, 0) is 47.9 Å². The van der Waals surface area contributed by atoms with Crippen molar-refractivity contribution in [1.82, 2.24) is 16.0 Å². The molecule has 0 radical (unpaired) electrons. The third-order valence-electron chi connectivity index (χ3n) is 5.51. The lowest BCUT2D eigenvalue weighted by Crippen LogP contribution is -2.48. The zero-order chi connectivity index (χ0) is 24.3. The maximum atomic E-state index is 13.0. The van der Waals surface area contributed by atoms with E-state index in [1.807, 2.05) is 54.6 Å². The van der Waals surface area contributed by atoms with E-state index in [2.05, 4.69) is 16.0 Å². The highest BCUT2D eigenvalue weighted by Gasteiger charge is 2.23. The van der Waals surface area contributed by atoms with E-state index in [9.17, 15) is 14.7 Å². The summed E-state index contributed by atoms with van der Waals surface area (Å²) in [6.07, 6.45) is -0.374. The van der Waals surface area contributed by atoms with Crippen LogP contribution in [0.2, 0.25) is 0 Å². The van der Waals surface area contributed by atoms with Gasteiger partial charge >= 0.3 is 0 Å². The molecular formula is C27H31N3O4. The summed E-state index contributed by atoms with van der Waals surface area (Å²) in [7, 11) is 3.16. The molecule has 0 fully saturated rings. The SMILES string of the molecule is CNC(=O)c1cccc(C(=O)N[C@@H](Cc2ccccc2)[C@H](O)CNCc2cccc(OC)c2)c1. The van der Waals surface area contributed by atoms with Crippen LogP contribution in [0, 0.1) is 0 Å². The molecule has 0 spiro atoms. The number of hydrogen-bond acceptors (Lipinski definition) is 5. The zero-order valence-corrected chi connectivity index (χ0v) is 19.5. The van der Waals surface area contributed by atoms with Crippen molar-refractivity contribution in [3.8, 4) is 5.75 Å². The van der Waals surface area contributed by atoms with Gasteiger partial charge in [-0.15, -0.1) is 0 Å². The van der Waals surface area contributed by atoms with Crippen LogP contribution in [0.3, 0.4) is 0 Å². The van der Waals surface area contributed by atoms with Crippen molar-refractivity contribution < 1.29 is 19.4 Å². The number of carbonyl (C=O) groups is 2. The average Bonchev–Trinajstić information content (AvgIpc) is 2.88. The van der Waals surface area contributed by atoms with Crippen molar-refractivity contribution in [1.29, 1.82) is 0 Å². The summed E-state index contributed by atoms with van der Waals surface area (Å²) in [5.74, 6) is 0.156. The standard InChI is InChI=1S/C27H31N3O4/c1-28-26(32)21-11-7-12-22(16-21)27(33)30-24(15-19-8-4-3-5-9-19)25(31)18-29-17-20-10-6-13-23(14-20)34-2/h3-14,16,24-25,29,31H,15,17-18H2,1-2H3,(H,28,32)(H,30,33)/t24-,25+/m0/s1. The smallest absolute Gasteiger partial charge is 0.251 e. The lowest BCUT2D eigenvalue weighted by Gasteiger charge is -2.25. The number of amides is 2. The molecule has 2 atom stereocenters. The number of benzene rings is 3. The summed E-state index contributed by atoms with van der Waals surface area (Å²) in [4.78, 5) is 24.9. The van der Waals surface area contributed by atoms with E-state index in [0.717, 1.165) is 16.9 Å². The molecule has 0 bridgehead atoms. The molecule has 0 saturated heterocycles. The minimum absolute atomic E-state index is 0.266. The number of aliphatic hydroxyl groups excluding tert-OH is 1. The van der Waals surface area contributed by atoms with Crippen LogP contribution in [0.25, 0.3) is 0 Å². The van der Waals surface area contributed by atoms with Gasteiger partial charge in [0.25, 0.3) is 11.8 Å². The molecule has 0 heterocycles. The van der Waals surface area contributed by atoms with Crippen LogP contribution in [0.15, 0.2) is 78.9 Å². The van der Waals surface area contributed by atoms with E-state index in [4.69, 9.17) is 4.74 Å². The van der Waals surface area contributed by atoms with Gasteiger partial charge in [0.15, 0.2) is 0 Å². The van der Waals surface area contributed by atoms with Gasteiger partial charge in [-0.3, -0.25) is 9.59 Å². The molecule has 0 aliphatic carbocycles. The lowest BCUT2D eigenvalue weighted by molar-refractivity contribution is 0.0830. The van der Waals surface area contributed by atoms with Crippen molar-refractivity contribution in [2.75, 3.05) is 20.7 Å². The van der Waals surface area contributed by atoms with Crippen LogP contribution in [-0.4, -0.2) is 49.8 Å². The van der Waals surface area contributed by atoms with Gasteiger partial charge in [-0.2, -0.15) is 0 Å². The number of nitrogens with one attached hydrogen (secondary N) is 3. The molecule has 7 nitrogen and oxygen atoms in total. The summed E-state index contributed by atoms with van der Waals surface area (Å²) < 4.78 is 5.25. The molecule has 4 N–H and O–H groups in total. The quantitative estimate of drug-likeness (QED) is 0.352. The second kappa shape index (κ2) is 12.5. The molecule has 7 heteroatoms. The molecule has 34 heavy (non-hydrogen) atoms. The maximum absolute atomic E-state index is 13.0. The van der Waals surface area contributed by atoms with Crippen molar-refractivity contribution in [2.45, 2.75) is 25.1 Å². The Morgan fingerprint density at radius 3 is 2.26 bits per heavy atom. The minimum atomic E-state index is -0.836. The van der Waals surface area contributed by atoms with Crippen LogP contribution < -0.4 is 20.7 Å². The van der Waals surface area contributed by atoms with E-state index in [-0.39, 0.29) is 18.4 Å². The topological polar surface area (TPSA) is 99.7 Å². The second-order valence-corrected chi connectivity index (χ2v) is 7.98. The summed E-state index contributed by atoms with van der Waals surface area (Å²) in [6.45, 7) is 0.835. The first-order valence-corrected chi connectivity index (χ1v) is 11.2. The first kappa shape index (κ1) is 25.0. The number of hydrogen-bond donors (Lipinski definition) is 4. The first-order valence-electron chi connectivity index (χ1n) is 11.2. The summed E-state index contributed by atoms with van der Waals surface area (Å²) in [6, 6.07) is 23.4. The molecule has 2 amide bonds. The van der Waals surface area contributed by atoms with E-state index in [1.54, 1.807) is 38.4 Å². The predicted molar refractivity (Wildman–Crippen MR) is 132 cm³/mol. The molecule has 0 saturated carbocycles. The van der Waals surface area contributed by atoms with Crippen molar-refractivity contribution in [3.05, 3.63) is 101 Å². The second-order valence-electron chi connectivity index (χ2n) is 7.98.